The number of hydrogen-bond donors (Lipinski definition) is 2. The van der Waals surface area contributed by atoms with Crippen molar-refractivity contribution in [3.05, 3.63) is 28.9 Å². The fraction of sp³-hybridized carbons (Fsp3) is 0.400. The number of amides is 1. The van der Waals surface area contributed by atoms with Crippen LogP contribution in [0, 0.1) is 5.82 Å². The first-order chi connectivity index (χ1) is 9.63. The van der Waals surface area contributed by atoms with E-state index in [4.69, 9.17) is 5.73 Å². The number of nitrogens with one attached hydrogen (secondary N) is 1. The van der Waals surface area contributed by atoms with Crippen LogP contribution in [-0.2, 0) is 0 Å². The lowest BCUT2D eigenvalue weighted by molar-refractivity contribution is 0.0958. The van der Waals surface area contributed by atoms with Crippen molar-refractivity contribution < 1.29 is 9.18 Å². The summed E-state index contributed by atoms with van der Waals surface area (Å²) in [6.45, 7) is 2.80. The summed E-state index contributed by atoms with van der Waals surface area (Å²) in [4.78, 5) is 12.6. The number of rotatable bonds is 6. The van der Waals surface area contributed by atoms with Crippen molar-refractivity contribution in [2.45, 2.75) is 32.6 Å². The molecule has 1 heterocycles. The number of nitrogens with two attached hydrogens (primary N) is 1. The summed E-state index contributed by atoms with van der Waals surface area (Å²) in [5.74, 6) is -0.505. The van der Waals surface area contributed by atoms with E-state index in [1.165, 1.54) is 36.3 Å². The molecule has 1 aromatic carbocycles. The Balaban J connectivity index is 2.05. The number of benzene rings is 1. The Hall–Kier alpha value is -1.62. The Morgan fingerprint density at radius 2 is 2.15 bits per heavy atom. The molecule has 0 saturated carbocycles. The molecule has 20 heavy (non-hydrogen) atoms. The van der Waals surface area contributed by atoms with Crippen molar-refractivity contribution in [1.82, 2.24) is 5.32 Å². The molecule has 0 atom stereocenters. The van der Waals surface area contributed by atoms with Gasteiger partial charge in [0.15, 0.2) is 0 Å². The molecule has 0 saturated heterocycles. The molecule has 0 aliphatic carbocycles. The van der Waals surface area contributed by atoms with E-state index in [0.29, 0.717) is 22.5 Å². The van der Waals surface area contributed by atoms with Crippen LogP contribution in [0.25, 0.3) is 10.1 Å². The highest BCUT2D eigenvalue weighted by molar-refractivity contribution is 7.21. The van der Waals surface area contributed by atoms with E-state index in [1.54, 1.807) is 6.07 Å². The predicted octanol–water partition coefficient (Wildman–Crippen LogP) is 3.93. The lowest BCUT2D eigenvalue weighted by atomic mass is 10.2. The fourth-order valence-corrected chi connectivity index (χ4v) is 3.11. The minimum Gasteiger partial charge on any atom is -0.397 e. The topological polar surface area (TPSA) is 55.1 Å². The molecule has 0 bridgehead atoms. The van der Waals surface area contributed by atoms with Gasteiger partial charge in [0, 0.05) is 16.6 Å². The van der Waals surface area contributed by atoms with Crippen LogP contribution in [0.2, 0.25) is 0 Å². The van der Waals surface area contributed by atoms with Crippen molar-refractivity contribution in [1.29, 1.82) is 0 Å². The Bertz CT molecular complexity index is 609. The lowest BCUT2D eigenvalue weighted by Gasteiger charge is -2.03. The number of carbonyl (C=O) groups excluding carboxylic acids is 1. The predicted molar refractivity (Wildman–Crippen MR) is 82.7 cm³/mol. The zero-order valence-corrected chi connectivity index (χ0v) is 12.4. The second-order valence-electron chi connectivity index (χ2n) is 4.80. The molecule has 0 aliphatic rings. The zero-order chi connectivity index (χ0) is 14.5. The fourth-order valence-electron chi connectivity index (χ4n) is 2.09. The molecule has 0 aliphatic heterocycles. The van der Waals surface area contributed by atoms with Crippen molar-refractivity contribution in [3.8, 4) is 0 Å². The highest BCUT2D eigenvalue weighted by atomic mass is 32.1. The number of nitrogen functional groups attached to an aromatic ring is 1. The van der Waals surface area contributed by atoms with Gasteiger partial charge in [-0.2, -0.15) is 0 Å². The molecule has 1 amide bonds. The van der Waals surface area contributed by atoms with Crippen molar-refractivity contribution in [2.75, 3.05) is 12.3 Å². The van der Waals surface area contributed by atoms with Crippen LogP contribution in [0.3, 0.4) is 0 Å². The van der Waals surface area contributed by atoms with E-state index in [2.05, 4.69) is 12.2 Å². The van der Waals surface area contributed by atoms with Crippen molar-refractivity contribution >= 4 is 33.0 Å². The van der Waals surface area contributed by atoms with Gasteiger partial charge in [-0.1, -0.05) is 26.2 Å². The minimum atomic E-state index is -0.339. The van der Waals surface area contributed by atoms with E-state index in [9.17, 15) is 9.18 Å². The van der Waals surface area contributed by atoms with E-state index in [-0.39, 0.29) is 11.7 Å². The third-order valence-electron chi connectivity index (χ3n) is 3.21. The number of carbonyl (C=O) groups is 1. The molecule has 1 aromatic heterocycles. The summed E-state index contributed by atoms with van der Waals surface area (Å²) in [5.41, 5.74) is 6.31. The van der Waals surface area contributed by atoms with Gasteiger partial charge in [-0.15, -0.1) is 11.3 Å². The van der Waals surface area contributed by atoms with Gasteiger partial charge in [-0.3, -0.25) is 4.79 Å². The summed E-state index contributed by atoms with van der Waals surface area (Å²) in [7, 11) is 0. The summed E-state index contributed by atoms with van der Waals surface area (Å²) in [6, 6.07) is 4.41. The molecule has 5 heteroatoms. The summed E-state index contributed by atoms with van der Waals surface area (Å²) < 4.78 is 14.0. The minimum absolute atomic E-state index is 0.166. The Morgan fingerprint density at radius 1 is 1.35 bits per heavy atom. The Morgan fingerprint density at radius 3 is 2.90 bits per heavy atom. The molecule has 2 rings (SSSR count). The Labute approximate surface area is 122 Å². The normalized spacial score (nSPS) is 10.9. The van der Waals surface area contributed by atoms with Crippen LogP contribution in [0.5, 0.6) is 0 Å². The summed E-state index contributed by atoms with van der Waals surface area (Å²) in [6.07, 6.45) is 4.44. The average Bonchev–Trinajstić information content (AvgIpc) is 2.76. The van der Waals surface area contributed by atoms with E-state index < -0.39 is 0 Å². The van der Waals surface area contributed by atoms with Gasteiger partial charge in [0.1, 0.15) is 10.7 Å². The van der Waals surface area contributed by atoms with Crippen LogP contribution in [0.4, 0.5) is 10.1 Å². The maximum atomic E-state index is 13.2. The van der Waals surface area contributed by atoms with Gasteiger partial charge in [0.25, 0.3) is 5.91 Å². The third kappa shape index (κ3) is 3.28. The largest absolute Gasteiger partial charge is 0.397 e. The third-order valence-corrected chi connectivity index (χ3v) is 4.40. The monoisotopic (exact) mass is 294 g/mol. The lowest BCUT2D eigenvalue weighted by Crippen LogP contribution is -2.24. The molecular formula is C15H19FN2OS. The van der Waals surface area contributed by atoms with Crippen molar-refractivity contribution in [2.24, 2.45) is 0 Å². The average molecular weight is 294 g/mol. The standard InChI is InChI=1S/C15H19FN2OS/c1-2-3-4-5-8-18-15(19)14-13(17)11-9-10(16)6-7-12(11)20-14/h6-7,9H,2-5,8,17H2,1H3,(H,18,19). The van der Waals surface area contributed by atoms with Crippen LogP contribution in [0.15, 0.2) is 18.2 Å². The first-order valence-corrected chi connectivity index (χ1v) is 7.71. The van der Waals surface area contributed by atoms with Crippen LogP contribution >= 0.6 is 11.3 Å². The molecule has 3 nitrogen and oxygen atoms in total. The van der Waals surface area contributed by atoms with Gasteiger partial charge < -0.3 is 11.1 Å². The maximum absolute atomic E-state index is 13.2. The molecule has 0 fully saturated rings. The van der Waals surface area contributed by atoms with E-state index in [0.717, 1.165) is 17.5 Å². The summed E-state index contributed by atoms with van der Waals surface area (Å²) in [5, 5.41) is 3.49. The molecule has 0 spiro atoms. The number of halogens is 1. The molecule has 2 aromatic rings. The van der Waals surface area contributed by atoms with Crippen molar-refractivity contribution in [3.63, 3.8) is 0 Å². The molecule has 0 unspecified atom stereocenters. The van der Waals surface area contributed by atoms with E-state index in [1.807, 2.05) is 0 Å². The number of fused-ring (bicyclic) bond motifs is 1. The SMILES string of the molecule is CCCCCCNC(=O)c1sc2ccc(F)cc2c1N. The maximum Gasteiger partial charge on any atom is 0.263 e. The van der Waals surface area contributed by atoms with Gasteiger partial charge in [0.2, 0.25) is 0 Å². The van der Waals surface area contributed by atoms with E-state index >= 15 is 0 Å². The number of hydrogen-bond acceptors (Lipinski definition) is 3. The van der Waals surface area contributed by atoms with Crippen LogP contribution < -0.4 is 11.1 Å². The number of thiophene rings is 1. The first-order valence-electron chi connectivity index (χ1n) is 6.89. The van der Waals surface area contributed by atoms with Gasteiger partial charge >= 0.3 is 0 Å². The molecular weight excluding hydrogens is 275 g/mol. The van der Waals surface area contributed by atoms with Gasteiger partial charge in [0.05, 0.1) is 5.69 Å². The molecule has 3 N–H and O–H groups in total. The molecule has 108 valence electrons. The van der Waals surface area contributed by atoms with Crippen LogP contribution in [0.1, 0.15) is 42.3 Å². The van der Waals surface area contributed by atoms with Crippen LogP contribution in [-0.4, -0.2) is 12.5 Å². The van der Waals surface area contributed by atoms with Gasteiger partial charge in [-0.05, 0) is 24.6 Å². The second kappa shape index (κ2) is 6.70. The smallest absolute Gasteiger partial charge is 0.263 e. The van der Waals surface area contributed by atoms with Gasteiger partial charge in [-0.25, -0.2) is 4.39 Å². The number of unbranched alkanes of at least 4 members (excludes halogenated alkanes) is 3. The highest BCUT2D eigenvalue weighted by Gasteiger charge is 2.16. The Kier molecular flexibility index (Phi) is 4.95. The second-order valence-corrected chi connectivity index (χ2v) is 5.85. The summed E-state index contributed by atoms with van der Waals surface area (Å²) >= 11 is 1.31. The highest BCUT2D eigenvalue weighted by Crippen LogP contribution is 2.33. The zero-order valence-electron chi connectivity index (χ0n) is 11.5. The number of anilines is 1. The molecule has 0 radical (unpaired) electrons. The quantitative estimate of drug-likeness (QED) is 0.793. The first kappa shape index (κ1) is 14.8.